The first kappa shape index (κ1) is 17.5. The van der Waals surface area contributed by atoms with Gasteiger partial charge in [0.25, 0.3) is 5.91 Å². The van der Waals surface area contributed by atoms with Crippen LogP contribution in [0.1, 0.15) is 5.56 Å². The highest BCUT2D eigenvalue weighted by Crippen LogP contribution is 2.27. The number of carbonyl (C=O) groups is 1. The molecule has 0 aliphatic rings. The molecule has 2 aromatic heterocycles. The number of carbonyl (C=O) groups excluding carboxylic acids is 1. The molecule has 2 heterocycles. The lowest BCUT2D eigenvalue weighted by Crippen LogP contribution is -2.30. The van der Waals surface area contributed by atoms with Crippen LogP contribution in [0, 0.1) is 0 Å². The van der Waals surface area contributed by atoms with E-state index in [9.17, 15) is 4.79 Å². The molecule has 1 N–H and O–H groups in total. The topological polar surface area (TPSA) is 87.0 Å². The van der Waals surface area contributed by atoms with Crippen LogP contribution in [0.15, 0.2) is 42.6 Å². The molecule has 26 heavy (non-hydrogen) atoms. The lowest BCUT2D eigenvalue weighted by atomic mass is 10.1. The van der Waals surface area contributed by atoms with E-state index in [0.717, 1.165) is 5.56 Å². The minimum Gasteiger partial charge on any atom is -0.493 e. The molecule has 0 unspecified atom stereocenters. The Morgan fingerprint density at radius 1 is 1.12 bits per heavy atom. The number of rotatable bonds is 8. The summed E-state index contributed by atoms with van der Waals surface area (Å²) in [7, 11) is 3.19. The van der Waals surface area contributed by atoms with Crippen LogP contribution in [0.4, 0.5) is 0 Å². The second-order valence-electron chi connectivity index (χ2n) is 5.49. The van der Waals surface area contributed by atoms with Crippen molar-refractivity contribution in [2.24, 2.45) is 0 Å². The van der Waals surface area contributed by atoms with E-state index in [1.54, 1.807) is 24.8 Å². The van der Waals surface area contributed by atoms with Crippen molar-refractivity contribution < 1.29 is 19.0 Å². The monoisotopic (exact) mass is 356 g/mol. The van der Waals surface area contributed by atoms with Gasteiger partial charge in [-0.15, -0.1) is 5.10 Å². The molecule has 0 spiro atoms. The fourth-order valence-electron chi connectivity index (χ4n) is 2.48. The molecule has 0 radical (unpaired) electrons. The van der Waals surface area contributed by atoms with Crippen molar-refractivity contribution in [1.29, 1.82) is 0 Å². The van der Waals surface area contributed by atoms with E-state index in [2.05, 4.69) is 15.5 Å². The highest BCUT2D eigenvalue weighted by atomic mass is 16.5. The van der Waals surface area contributed by atoms with Crippen molar-refractivity contribution in [1.82, 2.24) is 19.9 Å². The van der Waals surface area contributed by atoms with Crippen molar-refractivity contribution in [3.63, 3.8) is 0 Å². The lowest BCUT2D eigenvalue weighted by molar-refractivity contribution is -0.123. The zero-order valence-corrected chi connectivity index (χ0v) is 14.6. The summed E-state index contributed by atoms with van der Waals surface area (Å²) in [6.45, 7) is 0.361. The Hall–Kier alpha value is -3.29. The Bertz CT molecular complexity index is 894. The second-order valence-corrected chi connectivity index (χ2v) is 5.49. The number of ether oxygens (including phenoxy) is 3. The van der Waals surface area contributed by atoms with Crippen LogP contribution in [0.3, 0.4) is 0 Å². The molecular formula is C18H20N4O4. The molecule has 1 amide bonds. The maximum atomic E-state index is 11.9. The molecular weight excluding hydrogens is 336 g/mol. The van der Waals surface area contributed by atoms with Crippen molar-refractivity contribution in [3.05, 3.63) is 48.2 Å². The van der Waals surface area contributed by atoms with Crippen LogP contribution < -0.4 is 19.5 Å². The van der Waals surface area contributed by atoms with Crippen LogP contribution in [0.25, 0.3) is 5.65 Å². The zero-order chi connectivity index (χ0) is 18.4. The van der Waals surface area contributed by atoms with Gasteiger partial charge in [0.1, 0.15) is 0 Å². The van der Waals surface area contributed by atoms with E-state index in [1.165, 1.54) is 0 Å². The smallest absolute Gasteiger partial charge is 0.322 e. The summed E-state index contributed by atoms with van der Waals surface area (Å²) in [4.78, 5) is 11.9. The summed E-state index contributed by atoms with van der Waals surface area (Å²) in [6, 6.07) is 11.5. The Morgan fingerprint density at radius 3 is 2.77 bits per heavy atom. The third-order valence-electron chi connectivity index (χ3n) is 3.80. The molecule has 0 aliphatic heterocycles. The average molecular weight is 356 g/mol. The van der Waals surface area contributed by atoms with E-state index < -0.39 is 0 Å². The molecule has 0 aliphatic carbocycles. The Labute approximate surface area is 150 Å². The summed E-state index contributed by atoms with van der Waals surface area (Å²) >= 11 is 0. The SMILES string of the molecule is COc1ccc(CCNC(=O)COc2nnc3ccccn23)cc1OC. The first-order valence-electron chi connectivity index (χ1n) is 8.11. The molecule has 8 heteroatoms. The van der Waals surface area contributed by atoms with E-state index in [-0.39, 0.29) is 18.5 Å². The number of amides is 1. The maximum absolute atomic E-state index is 11.9. The standard InChI is InChI=1S/C18H20N4O4/c1-24-14-7-6-13(11-15(14)25-2)8-9-19-17(23)12-26-18-21-20-16-5-3-4-10-22(16)18/h3-7,10-11H,8-9,12H2,1-2H3,(H,19,23). The van der Waals surface area contributed by atoms with Gasteiger partial charge in [0, 0.05) is 12.7 Å². The number of fused-ring (bicyclic) bond motifs is 1. The van der Waals surface area contributed by atoms with Gasteiger partial charge in [-0.05, 0) is 36.2 Å². The van der Waals surface area contributed by atoms with E-state index in [0.29, 0.717) is 30.1 Å². The Balaban J connectivity index is 1.47. The molecule has 1 aromatic carbocycles. The number of aromatic nitrogens is 3. The summed E-state index contributed by atoms with van der Waals surface area (Å²) in [5.41, 5.74) is 1.70. The van der Waals surface area contributed by atoms with Crippen LogP contribution in [-0.4, -0.2) is 47.9 Å². The van der Waals surface area contributed by atoms with Gasteiger partial charge in [0.2, 0.25) is 0 Å². The highest BCUT2D eigenvalue weighted by Gasteiger charge is 2.09. The number of hydrogen-bond acceptors (Lipinski definition) is 6. The van der Waals surface area contributed by atoms with E-state index in [4.69, 9.17) is 14.2 Å². The van der Waals surface area contributed by atoms with Gasteiger partial charge in [-0.3, -0.25) is 9.20 Å². The fourth-order valence-corrected chi connectivity index (χ4v) is 2.48. The van der Waals surface area contributed by atoms with Crippen LogP contribution >= 0.6 is 0 Å². The summed E-state index contributed by atoms with van der Waals surface area (Å²) in [6.07, 6.45) is 2.44. The predicted molar refractivity (Wildman–Crippen MR) is 94.7 cm³/mol. The third kappa shape index (κ3) is 4.02. The van der Waals surface area contributed by atoms with Crippen LogP contribution in [0.2, 0.25) is 0 Å². The van der Waals surface area contributed by atoms with Gasteiger partial charge in [0.05, 0.1) is 14.2 Å². The number of hydrogen-bond donors (Lipinski definition) is 1. The summed E-state index contributed by atoms with van der Waals surface area (Å²) < 4.78 is 17.6. The third-order valence-corrected chi connectivity index (χ3v) is 3.80. The largest absolute Gasteiger partial charge is 0.493 e. The molecule has 0 atom stereocenters. The molecule has 0 fully saturated rings. The summed E-state index contributed by atoms with van der Waals surface area (Å²) in [5, 5.41) is 10.7. The first-order valence-corrected chi connectivity index (χ1v) is 8.11. The lowest BCUT2D eigenvalue weighted by Gasteiger charge is -2.10. The number of pyridine rings is 1. The fraction of sp³-hybridized carbons (Fsp3) is 0.278. The van der Waals surface area contributed by atoms with Gasteiger partial charge < -0.3 is 19.5 Å². The van der Waals surface area contributed by atoms with E-state index in [1.807, 2.05) is 36.4 Å². The normalized spacial score (nSPS) is 10.5. The second kappa shape index (κ2) is 8.19. The average Bonchev–Trinajstić information content (AvgIpc) is 3.09. The minimum atomic E-state index is -0.224. The molecule has 0 bridgehead atoms. The molecule has 3 aromatic rings. The van der Waals surface area contributed by atoms with Gasteiger partial charge >= 0.3 is 6.01 Å². The highest BCUT2D eigenvalue weighted by molar-refractivity contribution is 5.77. The van der Waals surface area contributed by atoms with Crippen molar-refractivity contribution in [2.45, 2.75) is 6.42 Å². The van der Waals surface area contributed by atoms with Crippen LogP contribution in [0.5, 0.6) is 17.5 Å². The zero-order valence-electron chi connectivity index (χ0n) is 14.6. The summed E-state index contributed by atoms with van der Waals surface area (Å²) in [5.74, 6) is 1.12. The van der Waals surface area contributed by atoms with E-state index >= 15 is 0 Å². The van der Waals surface area contributed by atoms with Crippen molar-refractivity contribution >= 4 is 11.6 Å². The Kier molecular flexibility index (Phi) is 5.52. The minimum absolute atomic E-state index is 0.123. The van der Waals surface area contributed by atoms with Crippen LogP contribution in [-0.2, 0) is 11.2 Å². The van der Waals surface area contributed by atoms with Crippen molar-refractivity contribution in [2.75, 3.05) is 27.4 Å². The van der Waals surface area contributed by atoms with Crippen molar-refractivity contribution in [3.8, 4) is 17.5 Å². The molecule has 3 rings (SSSR count). The molecule has 8 nitrogen and oxygen atoms in total. The van der Waals surface area contributed by atoms with Gasteiger partial charge in [-0.25, -0.2) is 0 Å². The number of nitrogens with zero attached hydrogens (tertiary/aromatic N) is 3. The first-order chi connectivity index (χ1) is 12.7. The number of methoxy groups -OCH3 is 2. The molecule has 136 valence electrons. The molecule has 0 saturated heterocycles. The number of nitrogens with one attached hydrogen (secondary N) is 1. The predicted octanol–water partition coefficient (Wildman–Crippen LogP) is 1.48. The van der Waals surface area contributed by atoms with Gasteiger partial charge in [-0.2, -0.15) is 0 Å². The van der Waals surface area contributed by atoms with Gasteiger partial charge in [-0.1, -0.05) is 17.2 Å². The van der Waals surface area contributed by atoms with Gasteiger partial charge in [0.15, 0.2) is 23.8 Å². The maximum Gasteiger partial charge on any atom is 0.322 e. The Morgan fingerprint density at radius 2 is 1.96 bits per heavy atom. The number of benzene rings is 1. The quantitative estimate of drug-likeness (QED) is 0.658. The molecule has 0 saturated carbocycles.